The van der Waals surface area contributed by atoms with Crippen LogP contribution in [0.4, 0.5) is 11.4 Å². The first kappa shape index (κ1) is 27.7. The third-order valence-corrected chi connectivity index (χ3v) is 8.31. The molecule has 11 heteroatoms. The zero-order valence-corrected chi connectivity index (χ0v) is 23.1. The minimum atomic E-state index is -0.399. The Kier molecular flexibility index (Phi) is 8.39. The minimum Gasteiger partial charge on any atom is -0.493 e. The molecule has 2 aromatic carbocycles. The summed E-state index contributed by atoms with van der Waals surface area (Å²) in [7, 11) is 3.18. The zero-order chi connectivity index (χ0) is 28.2. The van der Waals surface area contributed by atoms with Gasteiger partial charge in [-0.1, -0.05) is 6.07 Å². The van der Waals surface area contributed by atoms with E-state index in [9.17, 15) is 19.7 Å². The molecule has 0 saturated carbocycles. The average Bonchev–Trinajstić information content (AvgIpc) is 3.51. The van der Waals surface area contributed by atoms with Crippen molar-refractivity contribution in [2.75, 3.05) is 64.9 Å². The minimum absolute atomic E-state index is 0.0275. The molecule has 3 heterocycles. The topological polar surface area (TPSA) is 117 Å². The Morgan fingerprint density at radius 2 is 1.80 bits per heavy atom. The monoisotopic (exact) mass is 551 g/mol. The molecule has 2 atom stereocenters. The molecule has 0 bridgehead atoms. The highest BCUT2D eigenvalue weighted by Gasteiger charge is 2.42. The fourth-order valence-corrected chi connectivity index (χ4v) is 6.18. The maximum atomic E-state index is 13.6. The highest BCUT2D eigenvalue weighted by molar-refractivity contribution is 5.82. The van der Waals surface area contributed by atoms with Crippen molar-refractivity contribution in [1.82, 2.24) is 15.1 Å². The van der Waals surface area contributed by atoms with E-state index in [4.69, 9.17) is 9.47 Å². The van der Waals surface area contributed by atoms with Crippen LogP contribution in [0.5, 0.6) is 11.5 Å². The third-order valence-electron chi connectivity index (χ3n) is 8.31. The Bertz CT molecular complexity index is 1260. The van der Waals surface area contributed by atoms with Crippen molar-refractivity contribution < 1.29 is 24.0 Å². The number of nitrogens with one attached hydrogen (secondary N) is 1. The molecule has 1 N–H and O–H groups in total. The number of fused-ring (bicyclic) bond motifs is 3. The summed E-state index contributed by atoms with van der Waals surface area (Å²) in [6.07, 6.45) is 3.13. The largest absolute Gasteiger partial charge is 0.493 e. The molecule has 2 amide bonds. The Morgan fingerprint density at radius 3 is 2.52 bits per heavy atom. The van der Waals surface area contributed by atoms with Crippen molar-refractivity contribution in [3.63, 3.8) is 0 Å². The number of hydrogen-bond donors (Lipinski definition) is 1. The molecule has 0 spiro atoms. The van der Waals surface area contributed by atoms with E-state index in [1.54, 1.807) is 26.4 Å². The zero-order valence-electron chi connectivity index (χ0n) is 23.1. The molecule has 11 nitrogen and oxygen atoms in total. The summed E-state index contributed by atoms with van der Waals surface area (Å²) in [4.78, 5) is 43.8. The first-order chi connectivity index (χ1) is 19.4. The van der Waals surface area contributed by atoms with Crippen molar-refractivity contribution >= 4 is 23.2 Å². The van der Waals surface area contributed by atoms with Crippen molar-refractivity contribution in [2.24, 2.45) is 5.92 Å². The van der Waals surface area contributed by atoms with Gasteiger partial charge in [0.2, 0.25) is 11.8 Å². The van der Waals surface area contributed by atoms with Crippen LogP contribution in [0.1, 0.15) is 24.0 Å². The number of hydrogen-bond acceptors (Lipinski definition) is 8. The summed E-state index contributed by atoms with van der Waals surface area (Å²) in [5.74, 6) is 0.951. The molecule has 214 valence electrons. The number of ether oxygens (including phenoxy) is 2. The second kappa shape index (κ2) is 12.1. The van der Waals surface area contributed by atoms with Crippen LogP contribution in [0.3, 0.4) is 0 Å². The first-order valence-corrected chi connectivity index (χ1v) is 13.9. The smallest absolute Gasteiger partial charge is 0.269 e. The van der Waals surface area contributed by atoms with E-state index in [1.165, 1.54) is 6.07 Å². The predicted molar refractivity (Wildman–Crippen MR) is 150 cm³/mol. The van der Waals surface area contributed by atoms with E-state index in [-0.39, 0.29) is 23.5 Å². The molecule has 2 saturated heterocycles. The van der Waals surface area contributed by atoms with Crippen LogP contribution in [0, 0.1) is 16.0 Å². The van der Waals surface area contributed by atoms with Gasteiger partial charge in [-0.2, -0.15) is 0 Å². The second-order valence-corrected chi connectivity index (χ2v) is 10.7. The average molecular weight is 552 g/mol. The van der Waals surface area contributed by atoms with Gasteiger partial charge in [0, 0.05) is 57.1 Å². The van der Waals surface area contributed by atoms with Crippen LogP contribution >= 0.6 is 0 Å². The standard InChI is InChI=1S/C29H37N5O6/c1-39-26-8-5-20(15-27(26)40-2)9-10-30-29(36)23-17-21-16-22(34(37)38)6-7-24(21)33-14-13-31(18-25(23)33)19-28(35)32-11-3-4-12-32/h5-8,15-16,23,25H,3-4,9-14,17-19H2,1-2H3,(H,30,36)/t23-,25+/m0/s1. The van der Waals surface area contributed by atoms with Crippen LogP contribution in [-0.2, 0) is 22.4 Å². The van der Waals surface area contributed by atoms with Gasteiger partial charge in [0.25, 0.3) is 5.69 Å². The Balaban J connectivity index is 1.30. The number of non-ortho nitro benzene ring substituents is 1. The Hall–Kier alpha value is -3.86. The molecule has 3 aliphatic heterocycles. The van der Waals surface area contributed by atoms with Crippen LogP contribution in [-0.4, -0.2) is 92.6 Å². The lowest BCUT2D eigenvalue weighted by Crippen LogP contribution is -2.62. The number of nitro groups is 1. The molecule has 0 unspecified atom stereocenters. The van der Waals surface area contributed by atoms with Gasteiger partial charge < -0.3 is 24.6 Å². The van der Waals surface area contributed by atoms with Gasteiger partial charge in [-0.15, -0.1) is 0 Å². The van der Waals surface area contributed by atoms with Gasteiger partial charge >= 0.3 is 0 Å². The summed E-state index contributed by atoms with van der Waals surface area (Å²) in [5.41, 5.74) is 2.79. The maximum Gasteiger partial charge on any atom is 0.269 e. The van der Waals surface area contributed by atoms with Gasteiger partial charge in [-0.25, -0.2) is 0 Å². The number of benzene rings is 2. The summed E-state index contributed by atoms with van der Waals surface area (Å²) in [6, 6.07) is 10.5. The maximum absolute atomic E-state index is 13.6. The highest BCUT2D eigenvalue weighted by atomic mass is 16.6. The molecule has 0 radical (unpaired) electrons. The number of nitro benzene ring substituents is 1. The molecule has 40 heavy (non-hydrogen) atoms. The molecule has 2 aromatic rings. The fourth-order valence-electron chi connectivity index (χ4n) is 6.18. The normalized spacial score (nSPS) is 20.4. The molecule has 5 rings (SSSR count). The summed E-state index contributed by atoms with van der Waals surface area (Å²) >= 11 is 0. The number of anilines is 1. The third kappa shape index (κ3) is 5.84. The van der Waals surface area contributed by atoms with E-state index in [0.717, 1.165) is 42.7 Å². The number of nitrogens with zero attached hydrogens (tertiary/aromatic N) is 4. The molecule has 2 fully saturated rings. The van der Waals surface area contributed by atoms with Crippen LogP contribution in [0.25, 0.3) is 0 Å². The van der Waals surface area contributed by atoms with E-state index < -0.39 is 10.8 Å². The molecule has 3 aliphatic rings. The number of likely N-dealkylation sites (tertiary alicyclic amines) is 1. The van der Waals surface area contributed by atoms with E-state index in [1.807, 2.05) is 23.1 Å². The SMILES string of the molecule is COc1ccc(CCNC(=O)[C@H]2Cc3cc([N+](=O)[O-])ccc3N3CCN(CC(=O)N4CCCC4)C[C@H]23)cc1OC. The van der Waals surface area contributed by atoms with Gasteiger partial charge in [0.15, 0.2) is 11.5 Å². The van der Waals surface area contributed by atoms with Crippen molar-refractivity contribution in [3.8, 4) is 11.5 Å². The lowest BCUT2D eigenvalue weighted by Gasteiger charge is -2.49. The number of piperazine rings is 1. The lowest BCUT2D eigenvalue weighted by atomic mass is 9.83. The Labute approximate surface area is 234 Å². The highest BCUT2D eigenvalue weighted by Crippen LogP contribution is 2.38. The number of carbonyl (C=O) groups excluding carboxylic acids is 2. The molecular weight excluding hydrogens is 514 g/mol. The second-order valence-electron chi connectivity index (χ2n) is 10.7. The van der Waals surface area contributed by atoms with E-state index >= 15 is 0 Å². The van der Waals surface area contributed by atoms with Gasteiger partial charge in [0.05, 0.1) is 37.6 Å². The fraction of sp³-hybridized carbons (Fsp3) is 0.517. The first-order valence-electron chi connectivity index (χ1n) is 13.9. The lowest BCUT2D eigenvalue weighted by molar-refractivity contribution is -0.384. The quantitative estimate of drug-likeness (QED) is 0.373. The van der Waals surface area contributed by atoms with Crippen molar-refractivity contribution in [2.45, 2.75) is 31.7 Å². The molecular formula is C29H37N5O6. The number of rotatable bonds is 9. The van der Waals surface area contributed by atoms with E-state index in [0.29, 0.717) is 57.1 Å². The summed E-state index contributed by atoms with van der Waals surface area (Å²) in [6.45, 7) is 4.36. The number of methoxy groups -OCH3 is 2. The molecule has 0 aromatic heterocycles. The van der Waals surface area contributed by atoms with Crippen LogP contribution in [0.2, 0.25) is 0 Å². The van der Waals surface area contributed by atoms with Crippen LogP contribution < -0.4 is 19.7 Å². The van der Waals surface area contributed by atoms with E-state index in [2.05, 4.69) is 15.1 Å². The number of amides is 2. The molecule has 0 aliphatic carbocycles. The van der Waals surface area contributed by atoms with Crippen LogP contribution in [0.15, 0.2) is 36.4 Å². The summed E-state index contributed by atoms with van der Waals surface area (Å²) in [5, 5.41) is 14.6. The number of carbonyl (C=O) groups is 2. The van der Waals surface area contributed by atoms with Gasteiger partial charge in [0.1, 0.15) is 0 Å². The predicted octanol–water partition coefficient (Wildman–Crippen LogP) is 2.26. The Morgan fingerprint density at radius 1 is 1.02 bits per heavy atom. The van der Waals surface area contributed by atoms with Gasteiger partial charge in [-0.05, 0) is 55.0 Å². The summed E-state index contributed by atoms with van der Waals surface area (Å²) < 4.78 is 10.7. The van der Waals surface area contributed by atoms with Crippen molar-refractivity contribution in [3.05, 3.63) is 57.6 Å². The van der Waals surface area contributed by atoms with Gasteiger partial charge in [-0.3, -0.25) is 24.6 Å². The van der Waals surface area contributed by atoms with Crippen molar-refractivity contribution in [1.29, 1.82) is 0 Å².